The molecule has 5 nitrogen and oxygen atoms in total. The van der Waals surface area contributed by atoms with Crippen LogP contribution in [-0.2, 0) is 16.0 Å². The number of amides is 1. The van der Waals surface area contributed by atoms with E-state index in [4.69, 9.17) is 9.84 Å². The lowest BCUT2D eigenvalue weighted by atomic mass is 10.0. The zero-order chi connectivity index (χ0) is 14.4. The van der Waals surface area contributed by atoms with E-state index in [1.54, 1.807) is 24.3 Å². The first-order valence-corrected chi connectivity index (χ1v) is 6.86. The van der Waals surface area contributed by atoms with Gasteiger partial charge in [0.1, 0.15) is 0 Å². The highest BCUT2D eigenvalue weighted by Crippen LogP contribution is 2.15. The lowest BCUT2D eigenvalue weighted by Gasteiger charge is -2.10. The van der Waals surface area contributed by atoms with E-state index in [0.717, 1.165) is 25.0 Å². The molecule has 2 N–H and O–H groups in total. The Balaban J connectivity index is 1.78. The first kappa shape index (κ1) is 14.5. The fraction of sp³-hybridized carbons (Fsp3) is 0.467. The van der Waals surface area contributed by atoms with Crippen LogP contribution in [0, 0.1) is 0 Å². The fourth-order valence-electron chi connectivity index (χ4n) is 2.37. The van der Waals surface area contributed by atoms with Gasteiger partial charge in [-0.3, -0.25) is 4.79 Å². The number of hydrogen-bond donors (Lipinski definition) is 2. The molecule has 0 spiro atoms. The molecule has 0 saturated carbocycles. The molecule has 1 aliphatic rings. The van der Waals surface area contributed by atoms with Crippen LogP contribution in [0.15, 0.2) is 24.3 Å². The molecule has 20 heavy (non-hydrogen) atoms. The molecule has 0 aromatic heterocycles. The second-order valence-corrected chi connectivity index (χ2v) is 4.90. The summed E-state index contributed by atoms with van der Waals surface area (Å²) in [5, 5.41) is 11.9. The third kappa shape index (κ3) is 4.06. The van der Waals surface area contributed by atoms with Crippen molar-refractivity contribution in [3.05, 3.63) is 35.4 Å². The lowest BCUT2D eigenvalue weighted by molar-refractivity contribution is -0.123. The molecule has 1 aromatic rings. The van der Waals surface area contributed by atoms with Crippen LogP contribution < -0.4 is 5.32 Å². The molecule has 0 aliphatic carbocycles. The van der Waals surface area contributed by atoms with Crippen molar-refractivity contribution >= 4 is 11.9 Å². The van der Waals surface area contributed by atoms with Crippen LogP contribution >= 0.6 is 0 Å². The van der Waals surface area contributed by atoms with Gasteiger partial charge < -0.3 is 15.2 Å². The molecule has 1 atom stereocenters. The largest absolute Gasteiger partial charge is 0.478 e. The van der Waals surface area contributed by atoms with Crippen molar-refractivity contribution in [3.8, 4) is 0 Å². The summed E-state index contributed by atoms with van der Waals surface area (Å²) in [7, 11) is 0. The summed E-state index contributed by atoms with van der Waals surface area (Å²) in [5.74, 6) is -0.976. The van der Waals surface area contributed by atoms with E-state index in [9.17, 15) is 9.59 Å². The van der Waals surface area contributed by atoms with Gasteiger partial charge in [-0.1, -0.05) is 18.2 Å². The summed E-state index contributed by atoms with van der Waals surface area (Å²) in [6.07, 6.45) is 2.90. The van der Waals surface area contributed by atoms with Gasteiger partial charge in [-0.2, -0.15) is 0 Å². The SMILES string of the molecule is O=C(CC1CCCO1)NCCc1ccccc1C(=O)O. The van der Waals surface area contributed by atoms with E-state index in [-0.39, 0.29) is 12.0 Å². The van der Waals surface area contributed by atoms with E-state index in [1.165, 1.54) is 0 Å². The van der Waals surface area contributed by atoms with Crippen molar-refractivity contribution < 1.29 is 19.4 Å². The minimum Gasteiger partial charge on any atom is -0.478 e. The Kier molecular flexibility index (Phi) is 5.12. The summed E-state index contributed by atoms with van der Waals surface area (Å²) < 4.78 is 5.40. The van der Waals surface area contributed by atoms with Gasteiger partial charge in [-0.15, -0.1) is 0 Å². The number of benzene rings is 1. The molecular formula is C15H19NO4. The van der Waals surface area contributed by atoms with Crippen LogP contribution in [0.5, 0.6) is 0 Å². The molecule has 5 heteroatoms. The molecular weight excluding hydrogens is 258 g/mol. The average molecular weight is 277 g/mol. The number of hydrogen-bond acceptors (Lipinski definition) is 3. The monoisotopic (exact) mass is 277 g/mol. The highest BCUT2D eigenvalue weighted by atomic mass is 16.5. The van der Waals surface area contributed by atoms with Crippen molar-refractivity contribution in [1.82, 2.24) is 5.32 Å². The second kappa shape index (κ2) is 7.05. The number of aromatic carboxylic acids is 1. The van der Waals surface area contributed by atoms with E-state index in [2.05, 4.69) is 5.32 Å². The maximum Gasteiger partial charge on any atom is 0.335 e. The number of carboxylic acids is 1. The number of rotatable bonds is 6. The van der Waals surface area contributed by atoms with Gasteiger partial charge in [0.25, 0.3) is 0 Å². The van der Waals surface area contributed by atoms with E-state index >= 15 is 0 Å². The molecule has 2 rings (SSSR count). The van der Waals surface area contributed by atoms with Crippen LogP contribution in [-0.4, -0.2) is 36.2 Å². The number of nitrogens with one attached hydrogen (secondary N) is 1. The predicted octanol–water partition coefficient (Wildman–Crippen LogP) is 1.61. The minimum atomic E-state index is -0.939. The quantitative estimate of drug-likeness (QED) is 0.828. The molecule has 1 saturated heterocycles. The van der Waals surface area contributed by atoms with Crippen molar-refractivity contribution in [1.29, 1.82) is 0 Å². The Hall–Kier alpha value is -1.88. The molecule has 1 fully saturated rings. The topological polar surface area (TPSA) is 75.6 Å². The first-order chi connectivity index (χ1) is 9.66. The van der Waals surface area contributed by atoms with E-state index < -0.39 is 5.97 Å². The molecule has 0 radical (unpaired) electrons. The molecule has 1 heterocycles. The maximum atomic E-state index is 11.7. The molecule has 1 aromatic carbocycles. The number of carbonyl (C=O) groups excluding carboxylic acids is 1. The summed E-state index contributed by atoms with van der Waals surface area (Å²) >= 11 is 0. The highest BCUT2D eigenvalue weighted by molar-refractivity contribution is 5.89. The highest BCUT2D eigenvalue weighted by Gasteiger charge is 2.18. The summed E-state index contributed by atoms with van der Waals surface area (Å²) in [4.78, 5) is 22.7. The molecule has 1 aliphatic heterocycles. The minimum absolute atomic E-state index is 0.0373. The number of ether oxygens (including phenoxy) is 1. The smallest absolute Gasteiger partial charge is 0.335 e. The normalized spacial score (nSPS) is 17.9. The van der Waals surface area contributed by atoms with Gasteiger partial charge in [-0.05, 0) is 30.9 Å². The number of carbonyl (C=O) groups is 2. The summed E-state index contributed by atoms with van der Waals surface area (Å²) in [6.45, 7) is 1.18. The third-order valence-corrected chi connectivity index (χ3v) is 3.40. The van der Waals surface area contributed by atoms with Gasteiger partial charge in [0.05, 0.1) is 18.1 Å². The number of carboxylic acid groups (broad SMARTS) is 1. The van der Waals surface area contributed by atoms with Gasteiger partial charge in [-0.25, -0.2) is 4.79 Å². The van der Waals surface area contributed by atoms with Crippen LogP contribution in [0.4, 0.5) is 0 Å². The Morgan fingerprint density at radius 2 is 2.15 bits per heavy atom. The standard InChI is InChI=1S/C15H19NO4/c17-14(10-12-5-3-9-20-12)16-8-7-11-4-1-2-6-13(11)15(18)19/h1-2,4,6,12H,3,5,7-10H2,(H,16,17)(H,18,19). The van der Waals surface area contributed by atoms with Crippen molar-refractivity contribution in [2.75, 3.05) is 13.2 Å². The van der Waals surface area contributed by atoms with Crippen molar-refractivity contribution in [2.45, 2.75) is 31.8 Å². The maximum absolute atomic E-state index is 11.7. The van der Waals surface area contributed by atoms with Gasteiger partial charge >= 0.3 is 5.97 Å². The van der Waals surface area contributed by atoms with Crippen LogP contribution in [0.2, 0.25) is 0 Å². The van der Waals surface area contributed by atoms with Crippen LogP contribution in [0.3, 0.4) is 0 Å². The van der Waals surface area contributed by atoms with E-state index in [1.807, 2.05) is 0 Å². The Bertz CT molecular complexity index is 481. The molecule has 0 bridgehead atoms. The summed E-state index contributed by atoms with van der Waals surface area (Å²) in [5.41, 5.74) is 1.03. The molecule has 1 unspecified atom stereocenters. The third-order valence-electron chi connectivity index (χ3n) is 3.40. The Morgan fingerprint density at radius 3 is 2.85 bits per heavy atom. The van der Waals surface area contributed by atoms with Crippen molar-refractivity contribution in [2.24, 2.45) is 0 Å². The van der Waals surface area contributed by atoms with Crippen LogP contribution in [0.25, 0.3) is 0 Å². The first-order valence-electron chi connectivity index (χ1n) is 6.86. The predicted molar refractivity (Wildman–Crippen MR) is 73.7 cm³/mol. The lowest BCUT2D eigenvalue weighted by Crippen LogP contribution is -2.29. The molecule has 108 valence electrons. The van der Waals surface area contributed by atoms with Crippen molar-refractivity contribution in [3.63, 3.8) is 0 Å². The zero-order valence-corrected chi connectivity index (χ0v) is 11.3. The molecule has 1 amide bonds. The van der Waals surface area contributed by atoms with Crippen LogP contribution in [0.1, 0.15) is 35.2 Å². The Morgan fingerprint density at radius 1 is 1.35 bits per heavy atom. The zero-order valence-electron chi connectivity index (χ0n) is 11.3. The van der Waals surface area contributed by atoms with Gasteiger partial charge in [0.2, 0.25) is 5.91 Å². The average Bonchev–Trinajstić information content (AvgIpc) is 2.92. The summed E-state index contributed by atoms with van der Waals surface area (Å²) in [6, 6.07) is 6.85. The van der Waals surface area contributed by atoms with Gasteiger partial charge in [0, 0.05) is 13.2 Å². The van der Waals surface area contributed by atoms with Gasteiger partial charge in [0.15, 0.2) is 0 Å². The second-order valence-electron chi connectivity index (χ2n) is 4.90. The fourth-order valence-corrected chi connectivity index (χ4v) is 2.37. The Labute approximate surface area is 117 Å². The van der Waals surface area contributed by atoms with E-state index in [0.29, 0.717) is 24.9 Å².